The highest BCUT2D eigenvalue weighted by molar-refractivity contribution is 9.10. The summed E-state index contributed by atoms with van der Waals surface area (Å²) in [6, 6.07) is 21.0. The van der Waals surface area contributed by atoms with Gasteiger partial charge in [-0.3, -0.25) is 0 Å². The summed E-state index contributed by atoms with van der Waals surface area (Å²) in [5.41, 5.74) is 4.36. The predicted molar refractivity (Wildman–Crippen MR) is 190 cm³/mol. The van der Waals surface area contributed by atoms with E-state index >= 15 is 0 Å². The molecule has 226 valence electrons. The summed E-state index contributed by atoms with van der Waals surface area (Å²) in [4.78, 5) is 0. The second kappa shape index (κ2) is 20.6. The van der Waals surface area contributed by atoms with Crippen LogP contribution in [-0.2, 0) is 0 Å². The van der Waals surface area contributed by atoms with Crippen molar-refractivity contribution in [2.45, 2.75) is 90.9 Å². The molecule has 0 N–H and O–H groups in total. The van der Waals surface area contributed by atoms with Gasteiger partial charge in [-0.1, -0.05) is 158 Å². The molecular weight excluding hydrogens is 648 g/mol. The third kappa shape index (κ3) is 13.3. The Morgan fingerprint density at radius 3 is 1.31 bits per heavy atom. The summed E-state index contributed by atoms with van der Waals surface area (Å²) in [5, 5.41) is 0. The van der Waals surface area contributed by atoms with Crippen LogP contribution in [0.15, 0.2) is 69.6 Å². The molecule has 3 aromatic carbocycles. The maximum atomic E-state index is 6.45. The molecule has 0 bridgehead atoms. The fraction of sp³-hybridized carbons (Fsp3) is 0.421. The van der Waals surface area contributed by atoms with E-state index in [1.807, 2.05) is 12.1 Å². The SMILES string of the molecule is CCCCCCCCOc1cc(/C=C/c2cccc(Br)c2)c(OCCCCCCCC)cc1/C=C/c1cccc(Br)c1. The zero-order valence-corrected chi connectivity index (χ0v) is 28.7. The van der Waals surface area contributed by atoms with Crippen LogP contribution in [0, 0.1) is 0 Å². The number of hydrogen-bond donors (Lipinski definition) is 0. The number of benzene rings is 3. The smallest absolute Gasteiger partial charge is 0.127 e. The monoisotopic (exact) mass is 694 g/mol. The minimum Gasteiger partial charge on any atom is -0.493 e. The Bertz CT molecular complexity index is 1150. The fourth-order valence-electron chi connectivity index (χ4n) is 4.82. The maximum Gasteiger partial charge on any atom is 0.127 e. The summed E-state index contributed by atoms with van der Waals surface area (Å²) in [7, 11) is 0. The molecule has 0 heterocycles. The first kappa shape index (κ1) is 34.2. The molecule has 0 saturated heterocycles. The van der Waals surface area contributed by atoms with E-state index in [0.717, 1.165) is 68.8 Å². The summed E-state index contributed by atoms with van der Waals surface area (Å²) < 4.78 is 15.0. The van der Waals surface area contributed by atoms with Crippen molar-refractivity contribution in [3.8, 4) is 11.5 Å². The maximum absolute atomic E-state index is 6.45. The molecule has 0 amide bonds. The molecule has 42 heavy (non-hydrogen) atoms. The molecule has 0 aliphatic rings. The second-order valence-electron chi connectivity index (χ2n) is 10.9. The molecule has 3 aromatic rings. The molecule has 0 spiro atoms. The molecular formula is C38H48Br2O2. The lowest BCUT2D eigenvalue weighted by molar-refractivity contribution is 0.295. The van der Waals surface area contributed by atoms with E-state index in [1.165, 1.54) is 64.2 Å². The number of hydrogen-bond acceptors (Lipinski definition) is 2. The van der Waals surface area contributed by atoms with Crippen molar-refractivity contribution < 1.29 is 9.47 Å². The van der Waals surface area contributed by atoms with Gasteiger partial charge < -0.3 is 9.47 Å². The zero-order chi connectivity index (χ0) is 29.8. The Morgan fingerprint density at radius 1 is 0.500 bits per heavy atom. The molecule has 0 aliphatic heterocycles. The normalized spacial score (nSPS) is 11.5. The molecule has 0 aliphatic carbocycles. The van der Waals surface area contributed by atoms with Crippen LogP contribution in [0.1, 0.15) is 113 Å². The van der Waals surface area contributed by atoms with Crippen LogP contribution in [0.3, 0.4) is 0 Å². The largest absolute Gasteiger partial charge is 0.493 e. The first-order valence-corrected chi connectivity index (χ1v) is 17.5. The van der Waals surface area contributed by atoms with Crippen molar-refractivity contribution in [3.63, 3.8) is 0 Å². The molecule has 0 saturated carbocycles. The fourth-order valence-corrected chi connectivity index (χ4v) is 5.66. The van der Waals surface area contributed by atoms with Gasteiger partial charge in [-0.05, 0) is 60.4 Å². The van der Waals surface area contributed by atoms with Gasteiger partial charge in [0.1, 0.15) is 11.5 Å². The Morgan fingerprint density at radius 2 is 0.905 bits per heavy atom. The topological polar surface area (TPSA) is 18.5 Å². The van der Waals surface area contributed by atoms with E-state index < -0.39 is 0 Å². The molecule has 4 heteroatoms. The minimum absolute atomic E-state index is 0.719. The Balaban J connectivity index is 1.85. The molecule has 0 aromatic heterocycles. The van der Waals surface area contributed by atoms with E-state index in [1.54, 1.807) is 0 Å². The van der Waals surface area contributed by atoms with Gasteiger partial charge in [-0.25, -0.2) is 0 Å². The highest BCUT2D eigenvalue weighted by Gasteiger charge is 2.11. The van der Waals surface area contributed by atoms with Crippen LogP contribution in [0.2, 0.25) is 0 Å². The van der Waals surface area contributed by atoms with Gasteiger partial charge in [-0.15, -0.1) is 0 Å². The average Bonchev–Trinajstić information content (AvgIpc) is 2.99. The Kier molecular flexibility index (Phi) is 16.8. The van der Waals surface area contributed by atoms with Crippen LogP contribution in [0.4, 0.5) is 0 Å². The van der Waals surface area contributed by atoms with Gasteiger partial charge in [0.15, 0.2) is 0 Å². The van der Waals surface area contributed by atoms with Crippen molar-refractivity contribution in [2.75, 3.05) is 13.2 Å². The van der Waals surface area contributed by atoms with Gasteiger partial charge >= 0.3 is 0 Å². The van der Waals surface area contributed by atoms with E-state index in [2.05, 4.69) is 119 Å². The van der Waals surface area contributed by atoms with Gasteiger partial charge in [-0.2, -0.15) is 0 Å². The first-order valence-electron chi connectivity index (χ1n) is 15.9. The Labute approximate surface area is 271 Å². The molecule has 0 atom stereocenters. The molecule has 0 radical (unpaired) electrons. The van der Waals surface area contributed by atoms with Gasteiger partial charge in [0, 0.05) is 20.1 Å². The summed E-state index contributed by atoms with van der Waals surface area (Å²) in [6.07, 6.45) is 23.5. The number of rotatable bonds is 20. The van der Waals surface area contributed by atoms with Crippen molar-refractivity contribution in [3.05, 3.63) is 91.9 Å². The van der Waals surface area contributed by atoms with Gasteiger partial charge in [0.25, 0.3) is 0 Å². The molecule has 3 rings (SSSR count). The standard InChI is InChI=1S/C38H48Br2O2/c1-3-5-7-9-11-13-25-41-37-29-34(24-22-32-18-16-20-36(40)28-32)38(42-26-14-12-10-8-6-4-2)30-33(37)23-21-31-17-15-19-35(39)27-31/h15-24,27-30H,3-14,25-26H2,1-2H3/b23-21+,24-22+. The lowest BCUT2D eigenvalue weighted by atomic mass is 10.0. The lowest BCUT2D eigenvalue weighted by Gasteiger charge is -2.15. The third-order valence-electron chi connectivity index (χ3n) is 7.26. The quantitative estimate of drug-likeness (QED) is 0.0865. The first-order chi connectivity index (χ1) is 20.6. The average molecular weight is 697 g/mol. The van der Waals surface area contributed by atoms with Crippen LogP contribution < -0.4 is 9.47 Å². The van der Waals surface area contributed by atoms with E-state index in [-0.39, 0.29) is 0 Å². The van der Waals surface area contributed by atoms with E-state index in [0.29, 0.717) is 0 Å². The number of unbranched alkanes of at least 4 members (excludes halogenated alkanes) is 10. The summed E-state index contributed by atoms with van der Waals surface area (Å²) in [5.74, 6) is 1.80. The second-order valence-corrected chi connectivity index (χ2v) is 12.8. The van der Waals surface area contributed by atoms with Crippen LogP contribution in [-0.4, -0.2) is 13.2 Å². The molecule has 0 fully saturated rings. The molecule has 0 unspecified atom stereocenters. The molecule has 2 nitrogen and oxygen atoms in total. The zero-order valence-electron chi connectivity index (χ0n) is 25.6. The minimum atomic E-state index is 0.719. The third-order valence-corrected chi connectivity index (χ3v) is 8.25. The highest BCUT2D eigenvalue weighted by Crippen LogP contribution is 2.33. The van der Waals surface area contributed by atoms with Crippen LogP contribution in [0.25, 0.3) is 24.3 Å². The Hall–Kier alpha value is -2.30. The van der Waals surface area contributed by atoms with Gasteiger partial charge in [0.2, 0.25) is 0 Å². The summed E-state index contributed by atoms with van der Waals surface area (Å²) in [6.45, 7) is 5.96. The van der Waals surface area contributed by atoms with Crippen molar-refractivity contribution >= 4 is 56.2 Å². The number of ether oxygens (including phenoxy) is 2. The van der Waals surface area contributed by atoms with Crippen LogP contribution >= 0.6 is 31.9 Å². The van der Waals surface area contributed by atoms with Crippen LogP contribution in [0.5, 0.6) is 11.5 Å². The van der Waals surface area contributed by atoms with E-state index in [4.69, 9.17) is 9.47 Å². The summed E-state index contributed by atoms with van der Waals surface area (Å²) >= 11 is 7.19. The van der Waals surface area contributed by atoms with Crippen molar-refractivity contribution in [2.24, 2.45) is 0 Å². The van der Waals surface area contributed by atoms with E-state index in [9.17, 15) is 0 Å². The highest BCUT2D eigenvalue weighted by atomic mass is 79.9. The van der Waals surface area contributed by atoms with Crippen molar-refractivity contribution in [1.29, 1.82) is 0 Å². The lowest BCUT2D eigenvalue weighted by Crippen LogP contribution is -2.03. The van der Waals surface area contributed by atoms with Gasteiger partial charge in [0.05, 0.1) is 13.2 Å². The van der Waals surface area contributed by atoms with Crippen molar-refractivity contribution in [1.82, 2.24) is 0 Å². The predicted octanol–water partition coefficient (Wildman–Crippen LogP) is 13.0. The number of halogens is 2.